The zero-order chi connectivity index (χ0) is 16.4. The smallest absolute Gasteiger partial charge is 0.270 e. The van der Waals surface area contributed by atoms with Crippen LogP contribution in [0.15, 0.2) is 5.38 Å². The predicted octanol–water partition coefficient (Wildman–Crippen LogP) is 3.21. The summed E-state index contributed by atoms with van der Waals surface area (Å²) in [6, 6.07) is 0. The summed E-state index contributed by atoms with van der Waals surface area (Å²) in [6.45, 7) is 7.99. The van der Waals surface area contributed by atoms with E-state index >= 15 is 0 Å². The Morgan fingerprint density at radius 1 is 1.23 bits per heavy atom. The average Bonchev–Trinajstić information content (AvgIpc) is 2.99. The van der Waals surface area contributed by atoms with Crippen LogP contribution in [0.5, 0.6) is 0 Å². The van der Waals surface area contributed by atoms with E-state index in [2.05, 4.69) is 24.1 Å². The number of nitrogens with zero attached hydrogens (tertiary/aromatic N) is 2. The van der Waals surface area contributed by atoms with Gasteiger partial charge in [-0.25, -0.2) is 4.98 Å². The molecule has 0 radical (unpaired) electrons. The summed E-state index contributed by atoms with van der Waals surface area (Å²) < 4.78 is 0. The molecule has 1 heterocycles. The molecule has 1 rings (SSSR count). The third kappa shape index (κ3) is 6.13. The molecule has 6 heteroatoms. The number of thiazole rings is 1. The van der Waals surface area contributed by atoms with Crippen molar-refractivity contribution in [1.29, 1.82) is 0 Å². The molecule has 1 aromatic rings. The van der Waals surface area contributed by atoms with Crippen molar-refractivity contribution in [2.45, 2.75) is 59.4 Å². The molecule has 0 aliphatic carbocycles. The average molecular weight is 325 g/mol. The van der Waals surface area contributed by atoms with E-state index in [0.29, 0.717) is 25.2 Å². The predicted molar refractivity (Wildman–Crippen MR) is 90.0 cm³/mol. The Morgan fingerprint density at radius 2 is 1.95 bits per heavy atom. The third-order valence-corrected chi connectivity index (χ3v) is 4.20. The van der Waals surface area contributed by atoms with E-state index in [9.17, 15) is 9.59 Å². The highest BCUT2D eigenvalue weighted by Gasteiger charge is 2.15. The fraction of sp³-hybridized carbons (Fsp3) is 0.688. The molecule has 1 aromatic heterocycles. The van der Waals surface area contributed by atoms with Crippen LogP contribution in [0, 0.1) is 0 Å². The summed E-state index contributed by atoms with van der Waals surface area (Å²) >= 11 is 1.44. The number of aromatic nitrogens is 1. The molecule has 22 heavy (non-hydrogen) atoms. The second-order valence-electron chi connectivity index (χ2n) is 5.26. The number of unbranched alkanes of at least 4 members (excludes halogenated alkanes) is 2. The molecule has 0 saturated carbocycles. The molecule has 124 valence electrons. The summed E-state index contributed by atoms with van der Waals surface area (Å²) in [5.74, 6) is 0.00970. The van der Waals surface area contributed by atoms with Crippen molar-refractivity contribution < 1.29 is 9.59 Å². The minimum atomic E-state index is -0.127. The quantitative estimate of drug-likeness (QED) is 0.672. The van der Waals surface area contributed by atoms with Crippen LogP contribution in [0.4, 0.5) is 0 Å². The fourth-order valence-corrected chi connectivity index (χ4v) is 2.77. The highest BCUT2D eigenvalue weighted by atomic mass is 32.1. The van der Waals surface area contributed by atoms with Gasteiger partial charge in [-0.05, 0) is 12.8 Å². The van der Waals surface area contributed by atoms with Gasteiger partial charge in [0.05, 0.1) is 6.54 Å². The minimum Gasteiger partial charge on any atom is -0.351 e. The van der Waals surface area contributed by atoms with E-state index in [-0.39, 0.29) is 11.8 Å². The monoisotopic (exact) mass is 325 g/mol. The van der Waals surface area contributed by atoms with Gasteiger partial charge in [-0.3, -0.25) is 9.59 Å². The molecule has 0 fully saturated rings. The van der Waals surface area contributed by atoms with Gasteiger partial charge in [0, 0.05) is 24.9 Å². The van der Waals surface area contributed by atoms with Crippen LogP contribution in [-0.2, 0) is 11.3 Å². The lowest BCUT2D eigenvalue weighted by atomic mass is 10.3. The van der Waals surface area contributed by atoms with E-state index in [1.807, 2.05) is 11.8 Å². The van der Waals surface area contributed by atoms with Crippen LogP contribution in [0.3, 0.4) is 0 Å². The van der Waals surface area contributed by atoms with Gasteiger partial charge in [0.25, 0.3) is 5.91 Å². The van der Waals surface area contributed by atoms with Crippen LogP contribution in [0.2, 0.25) is 0 Å². The SMILES string of the molecule is CCCCNC(=O)c1csc(CN(CCCC)C(=O)CC)n1. The number of amides is 2. The van der Waals surface area contributed by atoms with Gasteiger partial charge < -0.3 is 10.2 Å². The number of carbonyl (C=O) groups excluding carboxylic acids is 2. The number of hydrogen-bond acceptors (Lipinski definition) is 4. The molecule has 0 unspecified atom stereocenters. The summed E-state index contributed by atoms with van der Waals surface area (Å²) in [7, 11) is 0. The van der Waals surface area contributed by atoms with E-state index in [4.69, 9.17) is 0 Å². The Labute approximate surface area is 137 Å². The summed E-state index contributed by atoms with van der Waals surface area (Å²) in [4.78, 5) is 30.1. The lowest BCUT2D eigenvalue weighted by Crippen LogP contribution is -2.31. The van der Waals surface area contributed by atoms with Crippen LogP contribution < -0.4 is 5.32 Å². The van der Waals surface area contributed by atoms with Crippen molar-refractivity contribution in [2.24, 2.45) is 0 Å². The van der Waals surface area contributed by atoms with E-state index < -0.39 is 0 Å². The van der Waals surface area contributed by atoms with Gasteiger partial charge in [0.2, 0.25) is 5.91 Å². The Morgan fingerprint density at radius 3 is 2.59 bits per heavy atom. The van der Waals surface area contributed by atoms with E-state index in [1.165, 1.54) is 11.3 Å². The van der Waals surface area contributed by atoms with Crippen molar-refractivity contribution in [3.63, 3.8) is 0 Å². The maximum Gasteiger partial charge on any atom is 0.270 e. The molecule has 0 atom stereocenters. The minimum absolute atomic E-state index is 0.127. The molecule has 0 spiro atoms. The molecule has 1 N–H and O–H groups in total. The van der Waals surface area contributed by atoms with Gasteiger partial charge in [0.1, 0.15) is 10.7 Å². The number of rotatable bonds is 10. The van der Waals surface area contributed by atoms with Crippen LogP contribution in [0.25, 0.3) is 0 Å². The van der Waals surface area contributed by atoms with E-state index in [1.54, 1.807) is 5.38 Å². The van der Waals surface area contributed by atoms with Crippen molar-refractivity contribution >= 4 is 23.2 Å². The highest BCUT2D eigenvalue weighted by molar-refractivity contribution is 7.09. The molecular weight excluding hydrogens is 298 g/mol. The van der Waals surface area contributed by atoms with Crippen LogP contribution in [-0.4, -0.2) is 34.8 Å². The van der Waals surface area contributed by atoms with Crippen LogP contribution in [0.1, 0.15) is 68.4 Å². The maximum absolute atomic E-state index is 12.0. The second-order valence-corrected chi connectivity index (χ2v) is 6.20. The Kier molecular flexibility index (Phi) is 8.74. The lowest BCUT2D eigenvalue weighted by Gasteiger charge is -2.20. The molecule has 0 saturated heterocycles. The van der Waals surface area contributed by atoms with Gasteiger partial charge in [-0.1, -0.05) is 33.6 Å². The maximum atomic E-state index is 12.0. The zero-order valence-electron chi connectivity index (χ0n) is 13.9. The van der Waals surface area contributed by atoms with Crippen molar-refractivity contribution in [3.05, 3.63) is 16.1 Å². The summed E-state index contributed by atoms with van der Waals surface area (Å²) in [6.07, 6.45) is 4.56. The molecular formula is C16H27N3O2S. The van der Waals surface area contributed by atoms with Crippen molar-refractivity contribution in [2.75, 3.05) is 13.1 Å². The normalized spacial score (nSPS) is 10.5. The number of nitrogens with one attached hydrogen (secondary N) is 1. The molecule has 0 aromatic carbocycles. The first kappa shape index (κ1) is 18.6. The van der Waals surface area contributed by atoms with Gasteiger partial charge in [-0.15, -0.1) is 11.3 Å². The first-order valence-corrected chi connectivity index (χ1v) is 9.00. The van der Waals surface area contributed by atoms with Crippen molar-refractivity contribution in [3.8, 4) is 0 Å². The zero-order valence-corrected chi connectivity index (χ0v) is 14.7. The van der Waals surface area contributed by atoms with Gasteiger partial charge in [-0.2, -0.15) is 0 Å². The first-order valence-electron chi connectivity index (χ1n) is 8.12. The standard InChI is InChI=1S/C16H27N3O2S/c1-4-7-9-17-16(21)13-12-22-14(18-13)11-19(10-8-5-2)15(20)6-3/h12H,4-11H2,1-3H3,(H,17,21). The molecule has 0 aliphatic rings. The largest absolute Gasteiger partial charge is 0.351 e. The molecule has 5 nitrogen and oxygen atoms in total. The highest BCUT2D eigenvalue weighted by Crippen LogP contribution is 2.14. The number of carbonyl (C=O) groups is 2. The third-order valence-electron chi connectivity index (χ3n) is 3.36. The Bertz CT molecular complexity index is 474. The Hall–Kier alpha value is -1.43. The molecule has 2 amide bonds. The lowest BCUT2D eigenvalue weighted by molar-refractivity contribution is -0.131. The van der Waals surface area contributed by atoms with Gasteiger partial charge >= 0.3 is 0 Å². The van der Waals surface area contributed by atoms with Crippen LogP contribution >= 0.6 is 11.3 Å². The number of hydrogen-bond donors (Lipinski definition) is 1. The van der Waals surface area contributed by atoms with Crippen molar-refractivity contribution in [1.82, 2.24) is 15.2 Å². The topological polar surface area (TPSA) is 62.3 Å². The van der Waals surface area contributed by atoms with Gasteiger partial charge in [0.15, 0.2) is 0 Å². The second kappa shape index (κ2) is 10.3. The Balaban J connectivity index is 2.61. The first-order chi connectivity index (χ1) is 10.6. The van der Waals surface area contributed by atoms with E-state index in [0.717, 1.165) is 37.2 Å². The summed E-state index contributed by atoms with van der Waals surface area (Å²) in [5.41, 5.74) is 0.454. The summed E-state index contributed by atoms with van der Waals surface area (Å²) in [5, 5.41) is 5.45. The molecule has 0 aliphatic heterocycles. The fourth-order valence-electron chi connectivity index (χ4n) is 1.98. The molecule has 0 bridgehead atoms.